The number of hydrogen-bond donors (Lipinski definition) is 2. The number of ether oxygens (including phenoxy) is 2. The lowest BCUT2D eigenvalue weighted by Gasteiger charge is -2.47. The molecular formula is C15H23N3O4. The maximum atomic E-state index is 12.2. The molecule has 2 aliphatic heterocycles. The molecule has 0 aromatic heterocycles. The minimum Gasteiger partial charge on any atom is -0.384 e. The van der Waals surface area contributed by atoms with Crippen molar-refractivity contribution in [2.24, 2.45) is 16.9 Å². The van der Waals surface area contributed by atoms with Gasteiger partial charge in [0.2, 0.25) is 11.8 Å². The second-order valence-electron chi connectivity index (χ2n) is 6.21. The summed E-state index contributed by atoms with van der Waals surface area (Å²) in [5.74, 6) is 0.663. The van der Waals surface area contributed by atoms with E-state index >= 15 is 0 Å². The van der Waals surface area contributed by atoms with Crippen LogP contribution in [0.25, 0.3) is 0 Å². The topological polar surface area (TPSA) is 89.0 Å². The Morgan fingerprint density at radius 2 is 2.36 bits per heavy atom. The number of amides is 2. The summed E-state index contributed by atoms with van der Waals surface area (Å²) in [6.45, 7) is 1.39. The third kappa shape index (κ3) is 3.15. The molecule has 0 aromatic carbocycles. The van der Waals surface area contributed by atoms with Crippen molar-refractivity contribution in [3.63, 3.8) is 0 Å². The molecule has 3 rings (SSSR count). The first-order chi connectivity index (χ1) is 10.7. The molecule has 0 radical (unpaired) electrons. The predicted molar refractivity (Wildman–Crippen MR) is 79.2 cm³/mol. The normalized spacial score (nSPS) is 33.5. The number of nitrogens with one attached hydrogen (secondary N) is 2. The zero-order valence-corrected chi connectivity index (χ0v) is 12.8. The molecule has 3 aliphatic rings. The Hall–Kier alpha value is -1.47. The maximum absolute atomic E-state index is 12.2. The van der Waals surface area contributed by atoms with Crippen LogP contribution in [0.3, 0.4) is 0 Å². The van der Waals surface area contributed by atoms with Gasteiger partial charge in [0.1, 0.15) is 0 Å². The Morgan fingerprint density at radius 3 is 3.09 bits per heavy atom. The second kappa shape index (κ2) is 6.75. The van der Waals surface area contributed by atoms with Crippen LogP contribution in [0.2, 0.25) is 0 Å². The lowest BCUT2D eigenvalue weighted by molar-refractivity contribution is -0.129. The summed E-state index contributed by atoms with van der Waals surface area (Å²) in [6.07, 6.45) is 3.35. The summed E-state index contributed by atoms with van der Waals surface area (Å²) in [5.41, 5.74) is 3.35. The van der Waals surface area contributed by atoms with Gasteiger partial charge in [-0.3, -0.25) is 9.59 Å². The fraction of sp³-hybridized carbons (Fsp3) is 0.800. The van der Waals surface area contributed by atoms with Crippen LogP contribution < -0.4 is 10.7 Å². The van der Waals surface area contributed by atoms with E-state index in [1.165, 1.54) is 0 Å². The number of rotatable bonds is 6. The van der Waals surface area contributed by atoms with E-state index in [1.807, 2.05) is 0 Å². The van der Waals surface area contributed by atoms with Crippen LogP contribution in [0.4, 0.5) is 0 Å². The summed E-state index contributed by atoms with van der Waals surface area (Å²) in [4.78, 5) is 23.2. The van der Waals surface area contributed by atoms with Crippen molar-refractivity contribution < 1.29 is 19.1 Å². The molecule has 2 heterocycles. The minimum atomic E-state index is -0.0580. The molecule has 2 fully saturated rings. The standard InChI is InChI=1S/C15H23N3O4/c1-21-8-11-14(10-6-7-22-15(10)11)16-12(19)4-2-9-3-5-13(20)18-17-9/h10-11,14-15H,2-8H2,1H3,(H,16,19)(H,18,20)/t10-,11+,14-,15-/m1/s1. The van der Waals surface area contributed by atoms with Crippen LogP contribution in [-0.4, -0.2) is 50.0 Å². The summed E-state index contributed by atoms with van der Waals surface area (Å²) >= 11 is 0. The van der Waals surface area contributed by atoms with Crippen LogP contribution >= 0.6 is 0 Å². The molecule has 4 atom stereocenters. The largest absolute Gasteiger partial charge is 0.384 e. The predicted octanol–water partition coefficient (Wildman–Crippen LogP) is 0.199. The summed E-state index contributed by atoms with van der Waals surface area (Å²) in [7, 11) is 1.68. The molecule has 1 saturated heterocycles. The molecule has 7 nitrogen and oxygen atoms in total. The van der Waals surface area contributed by atoms with Crippen molar-refractivity contribution in [2.75, 3.05) is 20.3 Å². The van der Waals surface area contributed by atoms with Crippen molar-refractivity contribution in [1.82, 2.24) is 10.7 Å². The quantitative estimate of drug-likeness (QED) is 0.733. The molecule has 122 valence electrons. The molecule has 0 aromatic rings. The minimum absolute atomic E-state index is 0.0380. The van der Waals surface area contributed by atoms with Gasteiger partial charge in [-0.2, -0.15) is 5.10 Å². The van der Waals surface area contributed by atoms with Crippen molar-refractivity contribution in [3.8, 4) is 0 Å². The number of carbonyl (C=O) groups is 2. The lowest BCUT2D eigenvalue weighted by Crippen LogP contribution is -2.62. The van der Waals surface area contributed by atoms with Crippen LogP contribution in [0, 0.1) is 11.8 Å². The van der Waals surface area contributed by atoms with Gasteiger partial charge < -0.3 is 14.8 Å². The Kier molecular flexibility index (Phi) is 4.73. The SMILES string of the molecule is COC[C@H]1[C@H](NC(=O)CCC2=NNC(=O)CC2)[C@H]2CCO[C@H]21. The Balaban J connectivity index is 1.46. The average molecular weight is 309 g/mol. The Morgan fingerprint density at radius 1 is 1.50 bits per heavy atom. The average Bonchev–Trinajstić information content (AvgIpc) is 2.94. The molecule has 7 heteroatoms. The van der Waals surface area contributed by atoms with Crippen LogP contribution in [0.1, 0.15) is 32.1 Å². The summed E-state index contributed by atoms with van der Waals surface area (Å²) in [6, 6.07) is 0.160. The van der Waals surface area contributed by atoms with Gasteiger partial charge in [0.25, 0.3) is 0 Å². The first kappa shape index (κ1) is 15.4. The van der Waals surface area contributed by atoms with Gasteiger partial charge in [0.05, 0.1) is 12.7 Å². The van der Waals surface area contributed by atoms with Gasteiger partial charge in [0, 0.05) is 50.1 Å². The van der Waals surface area contributed by atoms with Crippen molar-refractivity contribution in [3.05, 3.63) is 0 Å². The molecular weight excluding hydrogens is 286 g/mol. The zero-order valence-electron chi connectivity index (χ0n) is 12.8. The Bertz CT molecular complexity index is 479. The maximum Gasteiger partial charge on any atom is 0.240 e. The molecule has 0 unspecified atom stereocenters. The second-order valence-corrected chi connectivity index (χ2v) is 6.21. The first-order valence-electron chi connectivity index (χ1n) is 7.93. The van der Waals surface area contributed by atoms with Gasteiger partial charge in [-0.05, 0) is 19.3 Å². The fourth-order valence-corrected chi connectivity index (χ4v) is 3.64. The lowest BCUT2D eigenvalue weighted by atomic mass is 9.67. The number of nitrogens with zero attached hydrogens (tertiary/aromatic N) is 1. The van der Waals surface area contributed by atoms with E-state index in [9.17, 15) is 9.59 Å². The molecule has 2 amide bonds. The molecule has 0 bridgehead atoms. The van der Waals surface area contributed by atoms with E-state index in [0.717, 1.165) is 18.7 Å². The molecule has 2 N–H and O–H groups in total. The van der Waals surface area contributed by atoms with Crippen LogP contribution in [-0.2, 0) is 19.1 Å². The van der Waals surface area contributed by atoms with Crippen LogP contribution in [0.15, 0.2) is 5.10 Å². The first-order valence-corrected chi connectivity index (χ1v) is 7.93. The molecule has 22 heavy (non-hydrogen) atoms. The number of hydrogen-bond acceptors (Lipinski definition) is 5. The van der Waals surface area contributed by atoms with E-state index < -0.39 is 0 Å². The third-order valence-corrected chi connectivity index (χ3v) is 4.83. The highest BCUT2D eigenvalue weighted by Crippen LogP contribution is 2.43. The summed E-state index contributed by atoms with van der Waals surface area (Å²) < 4.78 is 10.9. The van der Waals surface area contributed by atoms with Gasteiger partial charge in [-0.15, -0.1) is 0 Å². The van der Waals surface area contributed by atoms with E-state index in [0.29, 0.717) is 38.2 Å². The van der Waals surface area contributed by atoms with E-state index in [4.69, 9.17) is 9.47 Å². The van der Waals surface area contributed by atoms with E-state index in [2.05, 4.69) is 15.8 Å². The molecule has 1 aliphatic carbocycles. The van der Waals surface area contributed by atoms with Gasteiger partial charge in [-0.1, -0.05) is 0 Å². The molecule has 0 spiro atoms. The third-order valence-electron chi connectivity index (χ3n) is 4.83. The number of carbonyl (C=O) groups excluding carboxylic acids is 2. The fourth-order valence-electron chi connectivity index (χ4n) is 3.64. The van der Waals surface area contributed by atoms with E-state index in [-0.39, 0.29) is 29.9 Å². The Labute approximate surface area is 129 Å². The van der Waals surface area contributed by atoms with Gasteiger partial charge in [0.15, 0.2) is 0 Å². The van der Waals surface area contributed by atoms with E-state index in [1.54, 1.807) is 7.11 Å². The van der Waals surface area contributed by atoms with Crippen molar-refractivity contribution in [2.45, 2.75) is 44.2 Å². The highest BCUT2D eigenvalue weighted by atomic mass is 16.5. The van der Waals surface area contributed by atoms with Crippen molar-refractivity contribution in [1.29, 1.82) is 0 Å². The number of methoxy groups -OCH3 is 1. The van der Waals surface area contributed by atoms with Gasteiger partial charge in [-0.25, -0.2) is 5.43 Å². The van der Waals surface area contributed by atoms with Crippen LogP contribution in [0.5, 0.6) is 0 Å². The number of hydrazone groups is 1. The monoisotopic (exact) mass is 309 g/mol. The summed E-state index contributed by atoms with van der Waals surface area (Å²) in [5, 5.41) is 7.12. The van der Waals surface area contributed by atoms with Crippen molar-refractivity contribution >= 4 is 17.5 Å². The van der Waals surface area contributed by atoms with Gasteiger partial charge >= 0.3 is 0 Å². The zero-order chi connectivity index (χ0) is 15.5. The highest BCUT2D eigenvalue weighted by molar-refractivity contribution is 5.94. The highest BCUT2D eigenvalue weighted by Gasteiger charge is 2.54. The smallest absolute Gasteiger partial charge is 0.240 e. The number of fused-ring (bicyclic) bond motifs is 1. The molecule has 1 saturated carbocycles.